The lowest BCUT2D eigenvalue weighted by Crippen LogP contribution is -1.90. The van der Waals surface area contributed by atoms with E-state index >= 15 is 0 Å². The number of hydrogen-bond donors (Lipinski definition) is 0. The van der Waals surface area contributed by atoms with Gasteiger partial charge < -0.3 is 4.74 Å². The summed E-state index contributed by atoms with van der Waals surface area (Å²) in [6, 6.07) is 5.66. The van der Waals surface area contributed by atoms with Gasteiger partial charge in [-0.15, -0.1) is 0 Å². The van der Waals surface area contributed by atoms with Crippen LogP contribution in [0.15, 0.2) is 24.4 Å². The molecule has 78 valence electrons. The third-order valence-electron chi connectivity index (χ3n) is 2.11. The molecule has 1 aromatic heterocycles. The number of halogens is 2. The molecule has 0 saturated heterocycles. The Morgan fingerprint density at radius 1 is 1.33 bits per heavy atom. The standard InChI is InChI=1S/C11H9Cl2NO/c1-15-6-7-4-8-2-3-9(12)10(13)11(8)14-5-7/h2-5H,6H2,1H3. The quantitative estimate of drug-likeness (QED) is 0.801. The largest absolute Gasteiger partial charge is 0.380 e. The third kappa shape index (κ3) is 2.07. The predicted octanol–water partition coefficient (Wildman–Crippen LogP) is 3.69. The fourth-order valence-corrected chi connectivity index (χ4v) is 1.81. The van der Waals surface area contributed by atoms with Gasteiger partial charge in [0.05, 0.1) is 22.2 Å². The van der Waals surface area contributed by atoms with Crippen molar-refractivity contribution in [3.8, 4) is 0 Å². The maximum Gasteiger partial charge on any atom is 0.0903 e. The Balaban J connectivity index is 2.59. The zero-order valence-corrected chi connectivity index (χ0v) is 9.64. The number of nitrogens with zero attached hydrogens (tertiary/aromatic N) is 1. The van der Waals surface area contributed by atoms with E-state index in [2.05, 4.69) is 4.98 Å². The van der Waals surface area contributed by atoms with Crippen molar-refractivity contribution in [3.05, 3.63) is 40.0 Å². The van der Waals surface area contributed by atoms with E-state index in [0.29, 0.717) is 16.7 Å². The summed E-state index contributed by atoms with van der Waals surface area (Å²) in [5, 5.41) is 1.99. The number of methoxy groups -OCH3 is 1. The Labute approximate surface area is 97.8 Å². The molecule has 4 heteroatoms. The van der Waals surface area contributed by atoms with Gasteiger partial charge in [-0.2, -0.15) is 0 Å². The summed E-state index contributed by atoms with van der Waals surface area (Å²) in [6.07, 6.45) is 1.74. The molecular weight excluding hydrogens is 233 g/mol. The van der Waals surface area contributed by atoms with Crippen molar-refractivity contribution in [2.75, 3.05) is 7.11 Å². The number of hydrogen-bond acceptors (Lipinski definition) is 2. The molecule has 0 saturated carbocycles. The molecule has 0 aliphatic rings. The van der Waals surface area contributed by atoms with Crippen molar-refractivity contribution in [1.29, 1.82) is 0 Å². The van der Waals surface area contributed by atoms with Crippen LogP contribution in [0.25, 0.3) is 10.9 Å². The summed E-state index contributed by atoms with van der Waals surface area (Å²) in [6.45, 7) is 0.545. The molecule has 0 fully saturated rings. The molecule has 0 N–H and O–H groups in total. The maximum atomic E-state index is 6.03. The second-order valence-corrected chi connectivity index (χ2v) is 3.99. The van der Waals surface area contributed by atoms with E-state index in [1.54, 1.807) is 19.4 Å². The summed E-state index contributed by atoms with van der Waals surface area (Å²) in [7, 11) is 1.65. The Kier molecular flexibility index (Phi) is 3.10. The minimum Gasteiger partial charge on any atom is -0.380 e. The molecule has 15 heavy (non-hydrogen) atoms. The summed E-state index contributed by atoms with van der Waals surface area (Å²) in [5.74, 6) is 0. The Morgan fingerprint density at radius 2 is 2.13 bits per heavy atom. The van der Waals surface area contributed by atoms with Gasteiger partial charge in [0.2, 0.25) is 0 Å². The molecule has 2 rings (SSSR count). The van der Waals surface area contributed by atoms with Gasteiger partial charge in [-0.3, -0.25) is 4.98 Å². The lowest BCUT2D eigenvalue weighted by molar-refractivity contribution is 0.185. The normalized spacial score (nSPS) is 10.9. The van der Waals surface area contributed by atoms with Crippen LogP contribution in [-0.4, -0.2) is 12.1 Å². The number of fused-ring (bicyclic) bond motifs is 1. The van der Waals surface area contributed by atoms with Crippen molar-refractivity contribution in [2.24, 2.45) is 0 Å². The molecule has 0 aliphatic carbocycles. The second kappa shape index (κ2) is 4.35. The summed E-state index contributed by atoms with van der Waals surface area (Å²) >= 11 is 11.9. The molecule has 0 radical (unpaired) electrons. The highest BCUT2D eigenvalue weighted by atomic mass is 35.5. The lowest BCUT2D eigenvalue weighted by Gasteiger charge is -2.04. The number of pyridine rings is 1. The molecule has 0 unspecified atom stereocenters. The highest BCUT2D eigenvalue weighted by molar-refractivity contribution is 6.44. The van der Waals surface area contributed by atoms with Crippen molar-refractivity contribution in [1.82, 2.24) is 4.98 Å². The fraction of sp³-hybridized carbons (Fsp3) is 0.182. The molecule has 2 aromatic rings. The van der Waals surface area contributed by atoms with Crippen LogP contribution in [0.3, 0.4) is 0 Å². The number of aromatic nitrogens is 1. The van der Waals surface area contributed by atoms with Crippen LogP contribution >= 0.6 is 23.2 Å². The van der Waals surface area contributed by atoms with Crippen molar-refractivity contribution >= 4 is 34.1 Å². The van der Waals surface area contributed by atoms with Crippen LogP contribution in [0.2, 0.25) is 10.0 Å². The number of rotatable bonds is 2. The second-order valence-electron chi connectivity index (χ2n) is 3.21. The molecule has 0 amide bonds. The Bertz CT molecular complexity index is 499. The molecule has 1 aromatic carbocycles. The predicted molar refractivity (Wildman–Crippen MR) is 62.5 cm³/mol. The van der Waals surface area contributed by atoms with Gasteiger partial charge in [0, 0.05) is 18.7 Å². The average molecular weight is 242 g/mol. The average Bonchev–Trinajstić information content (AvgIpc) is 2.24. The van der Waals surface area contributed by atoms with Gasteiger partial charge in [0.25, 0.3) is 0 Å². The SMILES string of the molecule is COCc1cnc2c(Cl)c(Cl)ccc2c1. The van der Waals surface area contributed by atoms with Crippen LogP contribution in [-0.2, 0) is 11.3 Å². The van der Waals surface area contributed by atoms with Gasteiger partial charge in [-0.1, -0.05) is 29.3 Å². The van der Waals surface area contributed by atoms with Gasteiger partial charge >= 0.3 is 0 Å². The third-order valence-corrected chi connectivity index (χ3v) is 2.91. The van der Waals surface area contributed by atoms with Crippen molar-refractivity contribution in [3.63, 3.8) is 0 Å². The van der Waals surface area contributed by atoms with E-state index < -0.39 is 0 Å². The topological polar surface area (TPSA) is 22.1 Å². The smallest absolute Gasteiger partial charge is 0.0903 e. The van der Waals surface area contributed by atoms with E-state index in [-0.39, 0.29) is 0 Å². The van der Waals surface area contributed by atoms with E-state index in [1.165, 1.54) is 0 Å². The summed E-state index contributed by atoms with van der Waals surface area (Å²) in [5.41, 5.74) is 1.74. The molecular formula is C11H9Cl2NO. The van der Waals surface area contributed by atoms with E-state index in [4.69, 9.17) is 27.9 Å². The minimum atomic E-state index is 0.498. The molecule has 1 heterocycles. The van der Waals surface area contributed by atoms with Gasteiger partial charge in [-0.25, -0.2) is 0 Å². The zero-order chi connectivity index (χ0) is 10.8. The van der Waals surface area contributed by atoms with E-state index in [1.807, 2.05) is 12.1 Å². The van der Waals surface area contributed by atoms with Crippen LogP contribution < -0.4 is 0 Å². The van der Waals surface area contributed by atoms with E-state index in [9.17, 15) is 0 Å². The Morgan fingerprint density at radius 3 is 2.87 bits per heavy atom. The van der Waals surface area contributed by atoms with Crippen molar-refractivity contribution < 1.29 is 4.74 Å². The molecule has 0 spiro atoms. The first kappa shape index (κ1) is 10.7. The first-order chi connectivity index (χ1) is 7.22. The first-order valence-electron chi connectivity index (χ1n) is 4.44. The summed E-state index contributed by atoms with van der Waals surface area (Å²) in [4.78, 5) is 4.26. The highest BCUT2D eigenvalue weighted by Gasteiger charge is 2.05. The van der Waals surface area contributed by atoms with Crippen LogP contribution in [0.4, 0.5) is 0 Å². The van der Waals surface area contributed by atoms with Crippen LogP contribution in [0.1, 0.15) is 5.56 Å². The maximum absolute atomic E-state index is 6.03. The van der Waals surface area contributed by atoms with Crippen LogP contribution in [0, 0.1) is 0 Å². The van der Waals surface area contributed by atoms with Crippen molar-refractivity contribution in [2.45, 2.75) is 6.61 Å². The van der Waals surface area contributed by atoms with Crippen LogP contribution in [0.5, 0.6) is 0 Å². The van der Waals surface area contributed by atoms with E-state index in [0.717, 1.165) is 16.5 Å². The van der Waals surface area contributed by atoms with Gasteiger partial charge in [-0.05, 0) is 17.7 Å². The highest BCUT2D eigenvalue weighted by Crippen LogP contribution is 2.29. The molecule has 0 aliphatic heterocycles. The number of ether oxygens (including phenoxy) is 1. The fourth-order valence-electron chi connectivity index (χ4n) is 1.43. The minimum absolute atomic E-state index is 0.498. The Hall–Kier alpha value is -0.830. The number of benzene rings is 1. The molecule has 2 nitrogen and oxygen atoms in total. The summed E-state index contributed by atoms with van der Waals surface area (Å²) < 4.78 is 5.03. The molecule has 0 bridgehead atoms. The molecule has 0 atom stereocenters. The van der Waals surface area contributed by atoms with Gasteiger partial charge in [0.1, 0.15) is 0 Å². The first-order valence-corrected chi connectivity index (χ1v) is 5.19. The zero-order valence-electron chi connectivity index (χ0n) is 8.13. The van der Waals surface area contributed by atoms with Gasteiger partial charge in [0.15, 0.2) is 0 Å². The lowest BCUT2D eigenvalue weighted by atomic mass is 10.2. The monoisotopic (exact) mass is 241 g/mol.